The number of hydrogen-bond acceptors (Lipinski definition) is 3. The van der Waals surface area contributed by atoms with Crippen LogP contribution in [0.4, 0.5) is 0 Å². The first-order valence-corrected chi connectivity index (χ1v) is 7.95. The van der Waals surface area contributed by atoms with Crippen molar-refractivity contribution in [3.05, 3.63) is 34.9 Å². The molecule has 1 aromatic rings. The van der Waals surface area contributed by atoms with E-state index in [0.717, 1.165) is 12.1 Å². The monoisotopic (exact) mass is 285 g/mol. The molecule has 2 nitrogen and oxygen atoms in total. The molecule has 100 valence electrons. The van der Waals surface area contributed by atoms with Crippen molar-refractivity contribution in [1.29, 1.82) is 0 Å². The van der Waals surface area contributed by atoms with Crippen LogP contribution in [0, 0.1) is 0 Å². The molecule has 1 saturated carbocycles. The third-order valence-corrected chi connectivity index (χ3v) is 5.51. The van der Waals surface area contributed by atoms with Gasteiger partial charge in [-0.05, 0) is 25.2 Å². The molecule has 1 unspecified atom stereocenters. The summed E-state index contributed by atoms with van der Waals surface area (Å²) in [6.07, 6.45) is 5.53. The average Bonchev–Trinajstić information content (AvgIpc) is 2.33. The summed E-state index contributed by atoms with van der Waals surface area (Å²) in [4.78, 5) is 0. The van der Waals surface area contributed by atoms with E-state index in [1.54, 1.807) is 0 Å². The van der Waals surface area contributed by atoms with Crippen LogP contribution < -0.4 is 5.32 Å². The Bertz CT molecular complexity index is 390. The van der Waals surface area contributed by atoms with Gasteiger partial charge in [0.2, 0.25) is 0 Å². The Morgan fingerprint density at radius 3 is 2.72 bits per heavy atom. The summed E-state index contributed by atoms with van der Waals surface area (Å²) >= 11 is 8.00. The van der Waals surface area contributed by atoms with Crippen LogP contribution in [0.2, 0.25) is 5.02 Å². The van der Waals surface area contributed by atoms with Gasteiger partial charge in [0, 0.05) is 28.4 Å². The quantitative estimate of drug-likeness (QED) is 0.841. The van der Waals surface area contributed by atoms with E-state index >= 15 is 0 Å². The lowest BCUT2D eigenvalue weighted by atomic mass is 9.84. The van der Waals surface area contributed by atoms with Gasteiger partial charge in [0.15, 0.2) is 0 Å². The van der Waals surface area contributed by atoms with E-state index in [0.29, 0.717) is 16.3 Å². The van der Waals surface area contributed by atoms with E-state index in [9.17, 15) is 5.11 Å². The Kier molecular flexibility index (Phi) is 4.96. The molecule has 0 saturated heterocycles. The maximum absolute atomic E-state index is 10.1. The van der Waals surface area contributed by atoms with Crippen molar-refractivity contribution >= 4 is 23.4 Å². The molecule has 0 spiro atoms. The summed E-state index contributed by atoms with van der Waals surface area (Å²) in [6, 6.07) is 7.47. The summed E-state index contributed by atoms with van der Waals surface area (Å²) < 4.78 is 0.403. The predicted molar refractivity (Wildman–Crippen MR) is 79.4 cm³/mol. The maximum atomic E-state index is 10.1. The number of thioether (sulfide) groups is 1. The second-order valence-electron chi connectivity index (χ2n) is 4.91. The zero-order valence-electron chi connectivity index (χ0n) is 10.7. The summed E-state index contributed by atoms with van der Waals surface area (Å²) in [5, 5.41) is 14.1. The molecule has 2 N–H and O–H groups in total. The molecule has 1 fully saturated rings. The molecule has 0 bridgehead atoms. The van der Waals surface area contributed by atoms with Gasteiger partial charge in [0.25, 0.3) is 0 Å². The van der Waals surface area contributed by atoms with Gasteiger partial charge in [0.05, 0.1) is 6.10 Å². The molecule has 1 atom stereocenters. The van der Waals surface area contributed by atoms with E-state index < -0.39 is 6.10 Å². The SMILES string of the molecule is CSC1(CNCC(O)c2ccccc2Cl)CCC1. The lowest BCUT2D eigenvalue weighted by Crippen LogP contribution is -2.44. The third-order valence-electron chi connectivity index (χ3n) is 3.75. The standard InChI is InChI=1S/C14H20ClNOS/c1-18-14(7-4-8-14)10-16-9-13(17)11-5-2-3-6-12(11)15/h2-3,5-6,13,16-17H,4,7-10H2,1H3. The van der Waals surface area contributed by atoms with Crippen molar-refractivity contribution in [3.63, 3.8) is 0 Å². The van der Waals surface area contributed by atoms with Crippen LogP contribution in [-0.2, 0) is 0 Å². The topological polar surface area (TPSA) is 32.3 Å². The summed E-state index contributed by atoms with van der Waals surface area (Å²) in [7, 11) is 0. The van der Waals surface area contributed by atoms with Crippen LogP contribution in [0.25, 0.3) is 0 Å². The van der Waals surface area contributed by atoms with Gasteiger partial charge in [-0.15, -0.1) is 0 Å². The molecule has 18 heavy (non-hydrogen) atoms. The second kappa shape index (κ2) is 6.29. The highest BCUT2D eigenvalue weighted by atomic mass is 35.5. The smallest absolute Gasteiger partial charge is 0.0928 e. The molecule has 4 heteroatoms. The van der Waals surface area contributed by atoms with Crippen LogP contribution in [0.3, 0.4) is 0 Å². The zero-order chi connectivity index (χ0) is 13.0. The Balaban J connectivity index is 1.82. The number of hydrogen-bond donors (Lipinski definition) is 2. The van der Waals surface area contributed by atoms with Crippen molar-refractivity contribution in [2.24, 2.45) is 0 Å². The van der Waals surface area contributed by atoms with Gasteiger partial charge >= 0.3 is 0 Å². The van der Waals surface area contributed by atoms with Gasteiger partial charge in [-0.25, -0.2) is 0 Å². The highest BCUT2D eigenvalue weighted by molar-refractivity contribution is 8.00. The van der Waals surface area contributed by atoms with Crippen LogP contribution in [0.15, 0.2) is 24.3 Å². The van der Waals surface area contributed by atoms with Gasteiger partial charge in [0.1, 0.15) is 0 Å². The van der Waals surface area contributed by atoms with Crippen molar-refractivity contribution in [2.75, 3.05) is 19.3 Å². The fourth-order valence-corrected chi connectivity index (χ4v) is 3.52. The van der Waals surface area contributed by atoms with Crippen molar-refractivity contribution in [1.82, 2.24) is 5.32 Å². The number of aliphatic hydroxyl groups is 1. The minimum absolute atomic E-state index is 0.403. The van der Waals surface area contributed by atoms with Crippen molar-refractivity contribution < 1.29 is 5.11 Å². The molecule has 2 rings (SSSR count). The van der Waals surface area contributed by atoms with Gasteiger partial charge < -0.3 is 10.4 Å². The minimum Gasteiger partial charge on any atom is -0.387 e. The largest absolute Gasteiger partial charge is 0.387 e. The van der Waals surface area contributed by atoms with Crippen LogP contribution in [0.1, 0.15) is 30.9 Å². The highest BCUT2D eigenvalue weighted by Crippen LogP contribution is 2.42. The number of nitrogens with one attached hydrogen (secondary N) is 1. The molecule has 0 aromatic heterocycles. The first-order chi connectivity index (χ1) is 8.67. The molecule has 1 aliphatic carbocycles. The van der Waals surface area contributed by atoms with E-state index in [-0.39, 0.29) is 0 Å². The fraction of sp³-hybridized carbons (Fsp3) is 0.571. The molecule has 0 radical (unpaired) electrons. The molecular formula is C14H20ClNOS. The first-order valence-electron chi connectivity index (χ1n) is 6.35. The minimum atomic E-state index is -0.530. The molecular weight excluding hydrogens is 266 g/mol. The van der Waals surface area contributed by atoms with Gasteiger partial charge in [-0.2, -0.15) is 11.8 Å². The summed E-state index contributed by atoms with van der Waals surface area (Å²) in [5.74, 6) is 0. The third kappa shape index (κ3) is 3.21. The van der Waals surface area contributed by atoms with E-state index in [4.69, 9.17) is 11.6 Å². The Labute approximate surface area is 118 Å². The molecule has 0 heterocycles. The maximum Gasteiger partial charge on any atom is 0.0928 e. The van der Waals surface area contributed by atoms with E-state index in [1.165, 1.54) is 19.3 Å². The summed E-state index contributed by atoms with van der Waals surface area (Å²) in [6.45, 7) is 1.53. The lowest BCUT2D eigenvalue weighted by Gasteiger charge is -2.40. The van der Waals surface area contributed by atoms with Crippen LogP contribution in [-0.4, -0.2) is 29.2 Å². The Morgan fingerprint density at radius 2 is 2.17 bits per heavy atom. The zero-order valence-corrected chi connectivity index (χ0v) is 12.2. The Hall–Kier alpha value is -0.220. The molecule has 1 aromatic carbocycles. The fourth-order valence-electron chi connectivity index (χ4n) is 2.32. The Morgan fingerprint density at radius 1 is 1.44 bits per heavy atom. The van der Waals surface area contributed by atoms with E-state index in [2.05, 4.69) is 11.6 Å². The molecule has 0 amide bonds. The predicted octanol–water partition coefficient (Wildman–Crippen LogP) is 3.25. The van der Waals surface area contributed by atoms with Gasteiger partial charge in [-0.3, -0.25) is 0 Å². The lowest BCUT2D eigenvalue weighted by molar-refractivity contribution is 0.171. The summed E-state index contributed by atoms with van der Waals surface area (Å²) in [5.41, 5.74) is 0.804. The van der Waals surface area contributed by atoms with E-state index in [1.807, 2.05) is 36.0 Å². The second-order valence-corrected chi connectivity index (χ2v) is 6.59. The molecule has 0 aliphatic heterocycles. The first kappa shape index (κ1) is 14.2. The number of halogens is 1. The van der Waals surface area contributed by atoms with Crippen LogP contribution >= 0.6 is 23.4 Å². The van der Waals surface area contributed by atoms with Crippen molar-refractivity contribution in [3.8, 4) is 0 Å². The van der Waals surface area contributed by atoms with Crippen molar-refractivity contribution in [2.45, 2.75) is 30.1 Å². The normalized spacial score (nSPS) is 19.3. The molecule has 1 aliphatic rings. The highest BCUT2D eigenvalue weighted by Gasteiger charge is 2.35. The number of benzene rings is 1. The number of aliphatic hydroxyl groups excluding tert-OH is 1. The van der Waals surface area contributed by atoms with Crippen LogP contribution in [0.5, 0.6) is 0 Å². The average molecular weight is 286 g/mol. The number of rotatable bonds is 6. The van der Waals surface area contributed by atoms with Gasteiger partial charge in [-0.1, -0.05) is 36.2 Å².